The molecule has 0 aliphatic rings. The first-order valence-electron chi connectivity index (χ1n) is 7.32. The van der Waals surface area contributed by atoms with Crippen LogP contribution in [0.3, 0.4) is 0 Å². The highest BCUT2D eigenvalue weighted by molar-refractivity contribution is 5.52. The van der Waals surface area contributed by atoms with Crippen LogP contribution in [0.5, 0.6) is 0 Å². The third-order valence-electron chi connectivity index (χ3n) is 3.95. The number of nitrogens with zero attached hydrogens (tertiary/aromatic N) is 1. The largest absolute Gasteiger partial charge is 0.416 e. The van der Waals surface area contributed by atoms with E-state index < -0.39 is 11.7 Å². The number of hydrogen-bond acceptors (Lipinski definition) is 2. The van der Waals surface area contributed by atoms with Crippen molar-refractivity contribution in [3.8, 4) is 0 Å². The Labute approximate surface area is 125 Å². The molecule has 2 nitrogen and oxygen atoms in total. The molecule has 0 saturated heterocycles. The van der Waals surface area contributed by atoms with Gasteiger partial charge in [-0.05, 0) is 37.1 Å². The fourth-order valence-electron chi connectivity index (χ4n) is 2.14. The van der Waals surface area contributed by atoms with Gasteiger partial charge in [0.15, 0.2) is 0 Å². The minimum atomic E-state index is -4.33. The standard InChI is InChI=1S/C16H25F3N2/c1-6-20-10-13-7-8-14(9-15(13)16(17,18)19)21(5)12(4)11(2)3/h7-9,11-12,20H,6,10H2,1-5H3. The summed E-state index contributed by atoms with van der Waals surface area (Å²) in [5, 5.41) is 2.95. The van der Waals surface area contributed by atoms with Crippen LogP contribution in [0.2, 0.25) is 0 Å². The van der Waals surface area contributed by atoms with Crippen molar-refractivity contribution in [3.63, 3.8) is 0 Å². The van der Waals surface area contributed by atoms with Crippen molar-refractivity contribution in [2.24, 2.45) is 5.92 Å². The lowest BCUT2D eigenvalue weighted by Crippen LogP contribution is -2.33. The number of nitrogens with one attached hydrogen (secondary N) is 1. The summed E-state index contributed by atoms with van der Waals surface area (Å²) in [5.74, 6) is 0.366. The fraction of sp³-hybridized carbons (Fsp3) is 0.625. The van der Waals surface area contributed by atoms with E-state index in [-0.39, 0.29) is 12.6 Å². The molecule has 0 heterocycles. The van der Waals surface area contributed by atoms with Crippen LogP contribution in [0.4, 0.5) is 18.9 Å². The van der Waals surface area contributed by atoms with E-state index >= 15 is 0 Å². The molecule has 0 fully saturated rings. The molecule has 5 heteroatoms. The first-order chi connectivity index (χ1) is 9.68. The van der Waals surface area contributed by atoms with Crippen molar-refractivity contribution in [1.82, 2.24) is 5.32 Å². The van der Waals surface area contributed by atoms with Crippen LogP contribution in [0.1, 0.15) is 38.8 Å². The van der Waals surface area contributed by atoms with Gasteiger partial charge in [-0.25, -0.2) is 0 Å². The van der Waals surface area contributed by atoms with Crippen LogP contribution in [0.15, 0.2) is 18.2 Å². The van der Waals surface area contributed by atoms with E-state index in [1.807, 2.05) is 25.8 Å². The maximum absolute atomic E-state index is 13.2. The molecule has 0 aliphatic heterocycles. The van der Waals surface area contributed by atoms with E-state index in [0.29, 0.717) is 23.7 Å². The van der Waals surface area contributed by atoms with Crippen LogP contribution < -0.4 is 10.2 Å². The Bertz CT molecular complexity index is 455. The van der Waals surface area contributed by atoms with Crippen LogP contribution in [-0.4, -0.2) is 19.6 Å². The van der Waals surface area contributed by atoms with Crippen LogP contribution in [-0.2, 0) is 12.7 Å². The molecule has 1 aromatic carbocycles. The van der Waals surface area contributed by atoms with E-state index in [1.165, 1.54) is 6.07 Å². The van der Waals surface area contributed by atoms with Crippen LogP contribution in [0.25, 0.3) is 0 Å². The van der Waals surface area contributed by atoms with Crippen molar-refractivity contribution < 1.29 is 13.2 Å². The molecule has 0 radical (unpaired) electrons. The number of anilines is 1. The topological polar surface area (TPSA) is 15.3 Å². The first-order valence-corrected chi connectivity index (χ1v) is 7.32. The molecule has 0 spiro atoms. The third kappa shape index (κ3) is 4.63. The lowest BCUT2D eigenvalue weighted by atomic mass is 10.0. The van der Waals surface area contributed by atoms with E-state index in [1.54, 1.807) is 12.1 Å². The van der Waals surface area contributed by atoms with Gasteiger partial charge in [-0.15, -0.1) is 0 Å². The summed E-state index contributed by atoms with van der Waals surface area (Å²) in [5.41, 5.74) is 0.339. The maximum Gasteiger partial charge on any atom is 0.416 e. The molecule has 1 atom stereocenters. The number of hydrogen-bond donors (Lipinski definition) is 1. The Morgan fingerprint density at radius 2 is 1.81 bits per heavy atom. The summed E-state index contributed by atoms with van der Waals surface area (Å²) in [6.07, 6.45) is -4.33. The zero-order chi connectivity index (χ0) is 16.2. The number of rotatable bonds is 6. The second-order valence-corrected chi connectivity index (χ2v) is 5.72. The van der Waals surface area contributed by atoms with Gasteiger partial charge in [0, 0.05) is 25.3 Å². The van der Waals surface area contributed by atoms with Crippen molar-refractivity contribution in [2.75, 3.05) is 18.5 Å². The third-order valence-corrected chi connectivity index (χ3v) is 3.95. The molecule has 0 aromatic heterocycles. The quantitative estimate of drug-likeness (QED) is 0.843. The monoisotopic (exact) mass is 302 g/mol. The van der Waals surface area contributed by atoms with Crippen molar-refractivity contribution >= 4 is 5.69 Å². The van der Waals surface area contributed by atoms with Gasteiger partial charge in [0.25, 0.3) is 0 Å². The van der Waals surface area contributed by atoms with Gasteiger partial charge in [0.05, 0.1) is 5.56 Å². The van der Waals surface area contributed by atoms with E-state index in [4.69, 9.17) is 0 Å². The summed E-state index contributed by atoms with van der Waals surface area (Å²) in [6, 6.07) is 4.77. The Balaban J connectivity index is 3.15. The van der Waals surface area contributed by atoms with E-state index in [2.05, 4.69) is 19.2 Å². The first kappa shape index (κ1) is 17.8. The molecule has 1 N–H and O–H groups in total. The van der Waals surface area contributed by atoms with Crippen molar-refractivity contribution in [2.45, 2.75) is 46.5 Å². The predicted octanol–water partition coefficient (Wildman–Crippen LogP) is 4.30. The minimum absolute atomic E-state index is 0.172. The molecule has 1 unspecified atom stereocenters. The molecule has 0 saturated carbocycles. The van der Waals surface area contributed by atoms with Crippen molar-refractivity contribution in [1.29, 1.82) is 0 Å². The smallest absolute Gasteiger partial charge is 0.372 e. The zero-order valence-electron chi connectivity index (χ0n) is 13.4. The SMILES string of the molecule is CCNCc1ccc(N(C)C(C)C(C)C)cc1C(F)(F)F. The number of alkyl halides is 3. The lowest BCUT2D eigenvalue weighted by molar-refractivity contribution is -0.138. The summed E-state index contributed by atoms with van der Waals surface area (Å²) in [6.45, 7) is 8.89. The summed E-state index contributed by atoms with van der Waals surface area (Å²) in [4.78, 5) is 1.90. The number of benzene rings is 1. The highest BCUT2D eigenvalue weighted by atomic mass is 19.4. The van der Waals surface area contributed by atoms with Gasteiger partial charge in [-0.3, -0.25) is 0 Å². The zero-order valence-corrected chi connectivity index (χ0v) is 13.4. The normalized spacial score (nSPS) is 13.6. The van der Waals surface area contributed by atoms with Crippen molar-refractivity contribution in [3.05, 3.63) is 29.3 Å². The maximum atomic E-state index is 13.2. The summed E-state index contributed by atoms with van der Waals surface area (Å²) in [7, 11) is 1.84. The molecule has 120 valence electrons. The van der Waals surface area contributed by atoms with Gasteiger partial charge in [-0.1, -0.05) is 26.8 Å². The molecule has 1 aromatic rings. The van der Waals surface area contributed by atoms with Gasteiger partial charge >= 0.3 is 6.18 Å². The average molecular weight is 302 g/mol. The Hall–Kier alpha value is -1.23. The molecule has 0 bridgehead atoms. The van der Waals surface area contributed by atoms with E-state index in [9.17, 15) is 13.2 Å². The molecular formula is C16H25F3N2. The minimum Gasteiger partial charge on any atom is -0.372 e. The highest BCUT2D eigenvalue weighted by Gasteiger charge is 2.33. The summed E-state index contributed by atoms with van der Waals surface area (Å²) < 4.78 is 39.7. The second kappa shape index (κ2) is 7.16. The Kier molecular flexibility index (Phi) is 6.08. The van der Waals surface area contributed by atoms with Crippen LogP contribution in [0, 0.1) is 5.92 Å². The van der Waals surface area contributed by atoms with Gasteiger partial charge in [0.2, 0.25) is 0 Å². The second-order valence-electron chi connectivity index (χ2n) is 5.72. The average Bonchev–Trinajstić information content (AvgIpc) is 2.42. The van der Waals surface area contributed by atoms with Gasteiger partial charge in [-0.2, -0.15) is 13.2 Å². The van der Waals surface area contributed by atoms with Gasteiger partial charge < -0.3 is 10.2 Å². The lowest BCUT2D eigenvalue weighted by Gasteiger charge is -2.31. The Morgan fingerprint density at radius 1 is 1.19 bits per heavy atom. The molecule has 1 rings (SSSR count). The predicted molar refractivity (Wildman–Crippen MR) is 81.5 cm³/mol. The molecular weight excluding hydrogens is 277 g/mol. The number of halogens is 3. The van der Waals surface area contributed by atoms with E-state index in [0.717, 1.165) is 0 Å². The Morgan fingerprint density at radius 3 is 2.29 bits per heavy atom. The molecule has 21 heavy (non-hydrogen) atoms. The summed E-state index contributed by atoms with van der Waals surface area (Å²) >= 11 is 0. The molecule has 0 amide bonds. The fourth-order valence-corrected chi connectivity index (χ4v) is 2.14. The highest BCUT2D eigenvalue weighted by Crippen LogP contribution is 2.35. The molecule has 0 aliphatic carbocycles. The van der Waals surface area contributed by atoms with Gasteiger partial charge in [0.1, 0.15) is 0 Å². The van der Waals surface area contributed by atoms with Crippen LogP contribution >= 0.6 is 0 Å².